The summed E-state index contributed by atoms with van der Waals surface area (Å²) in [6, 6.07) is 5.53. The molecule has 0 aliphatic heterocycles. The molecule has 0 fully saturated rings. The summed E-state index contributed by atoms with van der Waals surface area (Å²) in [6.07, 6.45) is 6.60. The minimum atomic E-state index is -1.04. The Kier molecular flexibility index (Phi) is 5.22. The van der Waals surface area contributed by atoms with E-state index < -0.39 is 5.97 Å². The fourth-order valence-electron chi connectivity index (χ4n) is 1.75. The Morgan fingerprint density at radius 2 is 2.05 bits per heavy atom. The summed E-state index contributed by atoms with van der Waals surface area (Å²) in [6.45, 7) is 0.517. The van der Waals surface area contributed by atoms with Gasteiger partial charge in [0.15, 0.2) is 0 Å². The van der Waals surface area contributed by atoms with Gasteiger partial charge in [-0.25, -0.2) is 4.79 Å². The minimum absolute atomic E-state index is 0.191. The molecular weight excluding hydrogens is 288 g/mol. The molecule has 2 rings (SSSR count). The largest absolute Gasteiger partial charge is 0.478 e. The molecule has 5 nitrogen and oxygen atoms in total. The highest BCUT2D eigenvalue weighted by molar-refractivity contribution is 7.12. The van der Waals surface area contributed by atoms with E-state index in [2.05, 4.69) is 10.3 Å². The van der Waals surface area contributed by atoms with Gasteiger partial charge in [-0.2, -0.15) is 0 Å². The van der Waals surface area contributed by atoms with Crippen molar-refractivity contribution in [3.63, 3.8) is 0 Å². The Bertz CT molecular complexity index is 650. The van der Waals surface area contributed by atoms with Crippen LogP contribution in [0.15, 0.2) is 42.0 Å². The number of aromatic nitrogens is 1. The van der Waals surface area contributed by atoms with Gasteiger partial charge in [0.05, 0.1) is 4.88 Å². The Labute approximate surface area is 126 Å². The van der Waals surface area contributed by atoms with Gasteiger partial charge >= 0.3 is 5.97 Å². The molecule has 21 heavy (non-hydrogen) atoms. The lowest BCUT2D eigenvalue weighted by atomic mass is 10.2. The number of nitrogens with one attached hydrogen (secondary N) is 1. The predicted molar refractivity (Wildman–Crippen MR) is 81.3 cm³/mol. The number of nitrogens with zero attached hydrogens (tertiary/aromatic N) is 1. The van der Waals surface area contributed by atoms with Gasteiger partial charge in [-0.15, -0.1) is 11.3 Å². The monoisotopic (exact) mass is 302 g/mol. The number of carbonyl (C=O) groups excluding carboxylic acids is 1. The maximum absolute atomic E-state index is 12.1. The van der Waals surface area contributed by atoms with Crippen LogP contribution in [0.25, 0.3) is 6.08 Å². The Morgan fingerprint density at radius 1 is 1.29 bits per heavy atom. The molecule has 0 saturated heterocycles. The molecule has 0 aliphatic rings. The van der Waals surface area contributed by atoms with E-state index in [0.717, 1.165) is 18.1 Å². The van der Waals surface area contributed by atoms with Gasteiger partial charge in [-0.3, -0.25) is 9.78 Å². The van der Waals surface area contributed by atoms with E-state index in [9.17, 15) is 9.59 Å². The number of rotatable bonds is 6. The van der Waals surface area contributed by atoms with Gasteiger partial charge in [0, 0.05) is 25.0 Å². The van der Waals surface area contributed by atoms with Gasteiger partial charge in [0.2, 0.25) is 0 Å². The lowest BCUT2D eigenvalue weighted by Crippen LogP contribution is -2.25. The highest BCUT2D eigenvalue weighted by Gasteiger charge is 2.11. The molecule has 0 spiro atoms. The summed E-state index contributed by atoms with van der Waals surface area (Å²) in [5.74, 6) is -1.23. The molecule has 0 saturated carbocycles. The zero-order valence-electron chi connectivity index (χ0n) is 11.2. The number of carboxylic acids is 1. The molecule has 6 heteroatoms. The van der Waals surface area contributed by atoms with E-state index >= 15 is 0 Å². The molecule has 2 N–H and O–H groups in total. The molecule has 0 radical (unpaired) electrons. The number of thiophene rings is 1. The zero-order chi connectivity index (χ0) is 15.1. The van der Waals surface area contributed by atoms with Crippen LogP contribution in [-0.2, 0) is 11.2 Å². The lowest BCUT2D eigenvalue weighted by molar-refractivity contribution is -0.131. The maximum Gasteiger partial charge on any atom is 0.328 e. The Balaban J connectivity index is 1.92. The van der Waals surface area contributed by atoms with Gasteiger partial charge < -0.3 is 10.4 Å². The van der Waals surface area contributed by atoms with Crippen molar-refractivity contribution in [3.05, 3.63) is 58.1 Å². The first-order valence-electron chi connectivity index (χ1n) is 6.32. The second kappa shape index (κ2) is 7.35. The van der Waals surface area contributed by atoms with E-state index in [4.69, 9.17) is 5.11 Å². The smallest absolute Gasteiger partial charge is 0.328 e. The van der Waals surface area contributed by atoms with E-state index in [-0.39, 0.29) is 5.91 Å². The van der Waals surface area contributed by atoms with E-state index in [0.29, 0.717) is 17.0 Å². The van der Waals surface area contributed by atoms with Crippen LogP contribution in [0.3, 0.4) is 0 Å². The number of carbonyl (C=O) groups is 2. The van der Waals surface area contributed by atoms with Crippen molar-refractivity contribution >= 4 is 29.3 Å². The molecule has 0 aliphatic carbocycles. The van der Waals surface area contributed by atoms with Crippen LogP contribution in [0, 0.1) is 0 Å². The van der Waals surface area contributed by atoms with Gasteiger partial charge in [-0.1, -0.05) is 0 Å². The van der Waals surface area contributed by atoms with Crippen LogP contribution in [0.5, 0.6) is 0 Å². The Hall–Kier alpha value is -2.47. The molecular formula is C15H14N2O3S. The number of hydrogen-bond donors (Lipinski definition) is 2. The van der Waals surface area contributed by atoms with Crippen LogP contribution in [0.4, 0.5) is 0 Å². The molecule has 108 valence electrons. The third kappa shape index (κ3) is 4.54. The summed E-state index contributed by atoms with van der Waals surface area (Å²) in [4.78, 5) is 27.0. The van der Waals surface area contributed by atoms with Crippen molar-refractivity contribution in [2.45, 2.75) is 6.42 Å². The zero-order valence-corrected chi connectivity index (χ0v) is 12.0. The fourth-order valence-corrected chi connectivity index (χ4v) is 2.55. The third-order valence-corrected chi connectivity index (χ3v) is 3.68. The molecule has 2 aromatic heterocycles. The summed E-state index contributed by atoms with van der Waals surface area (Å²) in [7, 11) is 0. The standard InChI is InChI=1S/C15H14N2O3S/c18-13(19)2-1-12-6-10-21-14(12)15(20)17-9-5-11-3-7-16-8-4-11/h1-4,6-8,10H,5,9H2,(H,17,20)(H,18,19). The number of pyridine rings is 1. The van der Waals surface area contributed by atoms with Crippen molar-refractivity contribution in [1.82, 2.24) is 10.3 Å². The van der Waals surface area contributed by atoms with Crippen LogP contribution in [-0.4, -0.2) is 28.5 Å². The molecule has 0 atom stereocenters. The summed E-state index contributed by atoms with van der Waals surface area (Å²) in [5.41, 5.74) is 1.71. The number of aliphatic carboxylic acids is 1. The lowest BCUT2D eigenvalue weighted by Gasteiger charge is -2.04. The van der Waals surface area contributed by atoms with Crippen LogP contribution in [0.2, 0.25) is 0 Å². The summed E-state index contributed by atoms with van der Waals surface area (Å²) >= 11 is 1.29. The summed E-state index contributed by atoms with van der Waals surface area (Å²) in [5, 5.41) is 13.2. The quantitative estimate of drug-likeness (QED) is 0.802. The van der Waals surface area contributed by atoms with E-state index in [1.807, 2.05) is 12.1 Å². The van der Waals surface area contributed by atoms with Crippen LogP contribution < -0.4 is 5.32 Å². The minimum Gasteiger partial charge on any atom is -0.478 e. The second-order valence-electron chi connectivity index (χ2n) is 4.24. The van der Waals surface area contributed by atoms with E-state index in [1.54, 1.807) is 23.8 Å². The average Bonchev–Trinajstić information content (AvgIpc) is 2.94. The van der Waals surface area contributed by atoms with E-state index in [1.165, 1.54) is 17.4 Å². The average molecular weight is 302 g/mol. The summed E-state index contributed by atoms with van der Waals surface area (Å²) < 4.78 is 0. The first-order valence-corrected chi connectivity index (χ1v) is 7.20. The molecule has 0 aromatic carbocycles. The maximum atomic E-state index is 12.1. The van der Waals surface area contributed by atoms with Gasteiger partial charge in [-0.05, 0) is 47.2 Å². The normalized spacial score (nSPS) is 10.7. The highest BCUT2D eigenvalue weighted by atomic mass is 32.1. The molecule has 1 amide bonds. The van der Waals surface area contributed by atoms with Gasteiger partial charge in [0.25, 0.3) is 5.91 Å². The van der Waals surface area contributed by atoms with Gasteiger partial charge in [0.1, 0.15) is 0 Å². The number of hydrogen-bond acceptors (Lipinski definition) is 4. The van der Waals surface area contributed by atoms with Crippen molar-refractivity contribution in [2.75, 3.05) is 6.54 Å². The van der Waals surface area contributed by atoms with Crippen molar-refractivity contribution in [3.8, 4) is 0 Å². The van der Waals surface area contributed by atoms with Crippen molar-refractivity contribution in [2.24, 2.45) is 0 Å². The second-order valence-corrected chi connectivity index (χ2v) is 5.15. The van der Waals surface area contributed by atoms with Crippen LogP contribution >= 0.6 is 11.3 Å². The first kappa shape index (κ1) is 14.9. The highest BCUT2D eigenvalue weighted by Crippen LogP contribution is 2.18. The number of carboxylic acid groups (broad SMARTS) is 1. The Morgan fingerprint density at radius 3 is 2.76 bits per heavy atom. The number of amides is 1. The molecule has 2 aromatic rings. The third-order valence-electron chi connectivity index (χ3n) is 2.76. The first-order chi connectivity index (χ1) is 10.2. The predicted octanol–water partition coefficient (Wildman–Crippen LogP) is 2.21. The molecule has 2 heterocycles. The molecule has 0 unspecified atom stereocenters. The van der Waals surface area contributed by atoms with Crippen molar-refractivity contribution < 1.29 is 14.7 Å². The topological polar surface area (TPSA) is 79.3 Å². The fraction of sp³-hybridized carbons (Fsp3) is 0.133. The van der Waals surface area contributed by atoms with Crippen molar-refractivity contribution in [1.29, 1.82) is 0 Å². The molecule has 0 bridgehead atoms. The van der Waals surface area contributed by atoms with Crippen LogP contribution in [0.1, 0.15) is 20.8 Å². The SMILES string of the molecule is O=C(O)C=Cc1ccsc1C(=O)NCCc1ccncc1.